The second-order valence-electron chi connectivity index (χ2n) is 6.74. The molecular formula is C23H20N4O4S. The van der Waals surface area contributed by atoms with Crippen LogP contribution in [-0.4, -0.2) is 33.9 Å². The zero-order valence-electron chi connectivity index (χ0n) is 17.5. The van der Waals surface area contributed by atoms with Crippen LogP contribution in [0.2, 0.25) is 0 Å². The van der Waals surface area contributed by atoms with Crippen LogP contribution in [0.25, 0.3) is 17.1 Å². The Morgan fingerprint density at radius 3 is 2.16 bits per heavy atom. The van der Waals surface area contributed by atoms with Gasteiger partial charge < -0.3 is 9.47 Å². The second-order valence-corrected chi connectivity index (χ2v) is 7.69. The molecule has 9 heteroatoms. The van der Waals surface area contributed by atoms with E-state index in [2.05, 4.69) is 10.2 Å². The summed E-state index contributed by atoms with van der Waals surface area (Å²) in [6.07, 6.45) is 0. The molecule has 0 aliphatic rings. The maximum Gasteiger partial charge on any atom is 0.273 e. The molecule has 0 amide bonds. The third-order valence-corrected chi connectivity index (χ3v) is 5.84. The van der Waals surface area contributed by atoms with Gasteiger partial charge in [0.25, 0.3) is 5.69 Å². The standard InChI is InChI=1S/C23H20N4O4S/c1-30-19-11-7-16(8-12-19)22-24-25-23(26(22)18-9-13-20(31-2)14-10-18)32-15-17-5-3-4-6-21(17)27(28)29/h3-14H,15H2,1-2H3. The average molecular weight is 449 g/mol. The highest BCUT2D eigenvalue weighted by Crippen LogP contribution is 2.32. The van der Waals surface area contributed by atoms with Crippen molar-refractivity contribution in [1.82, 2.24) is 14.8 Å². The summed E-state index contributed by atoms with van der Waals surface area (Å²) in [5.41, 5.74) is 2.43. The van der Waals surface area contributed by atoms with Crippen LogP contribution in [0.5, 0.6) is 11.5 Å². The van der Waals surface area contributed by atoms with E-state index < -0.39 is 0 Å². The van der Waals surface area contributed by atoms with Crippen molar-refractivity contribution >= 4 is 17.4 Å². The predicted octanol–water partition coefficient (Wildman–Crippen LogP) is 5.15. The van der Waals surface area contributed by atoms with Crippen molar-refractivity contribution in [2.75, 3.05) is 14.2 Å². The van der Waals surface area contributed by atoms with Gasteiger partial charge in [-0.3, -0.25) is 14.7 Å². The van der Waals surface area contributed by atoms with Gasteiger partial charge in [-0.1, -0.05) is 30.0 Å². The monoisotopic (exact) mass is 448 g/mol. The number of ether oxygens (including phenoxy) is 2. The minimum absolute atomic E-state index is 0.0888. The highest BCUT2D eigenvalue weighted by Gasteiger charge is 2.19. The summed E-state index contributed by atoms with van der Waals surface area (Å²) in [4.78, 5) is 11.0. The number of thioether (sulfide) groups is 1. The first-order chi connectivity index (χ1) is 15.6. The van der Waals surface area contributed by atoms with Gasteiger partial charge >= 0.3 is 0 Å². The number of benzene rings is 3. The fourth-order valence-electron chi connectivity index (χ4n) is 3.21. The van der Waals surface area contributed by atoms with E-state index in [-0.39, 0.29) is 10.6 Å². The second kappa shape index (κ2) is 9.52. The van der Waals surface area contributed by atoms with Crippen LogP contribution >= 0.6 is 11.8 Å². The molecule has 32 heavy (non-hydrogen) atoms. The minimum Gasteiger partial charge on any atom is -0.497 e. The Morgan fingerprint density at radius 2 is 1.53 bits per heavy atom. The van der Waals surface area contributed by atoms with Gasteiger partial charge in [0.05, 0.1) is 19.1 Å². The minimum atomic E-state index is -0.368. The van der Waals surface area contributed by atoms with E-state index in [1.54, 1.807) is 32.4 Å². The Bertz CT molecular complexity index is 1220. The summed E-state index contributed by atoms with van der Waals surface area (Å²) in [5, 5.41) is 20.8. The Hall–Kier alpha value is -3.85. The largest absolute Gasteiger partial charge is 0.497 e. The molecule has 8 nitrogen and oxygen atoms in total. The van der Waals surface area contributed by atoms with Gasteiger partial charge in [-0.05, 0) is 48.5 Å². The number of para-hydroxylation sites is 1. The van der Waals surface area contributed by atoms with Crippen molar-refractivity contribution < 1.29 is 14.4 Å². The normalized spacial score (nSPS) is 10.7. The smallest absolute Gasteiger partial charge is 0.273 e. The summed E-state index contributed by atoms with van der Waals surface area (Å²) >= 11 is 1.39. The van der Waals surface area contributed by atoms with Crippen LogP contribution in [-0.2, 0) is 5.75 Å². The number of methoxy groups -OCH3 is 2. The molecule has 0 bridgehead atoms. The Morgan fingerprint density at radius 1 is 0.906 bits per heavy atom. The van der Waals surface area contributed by atoms with Crippen LogP contribution in [0.3, 0.4) is 0 Å². The molecule has 162 valence electrons. The molecule has 0 spiro atoms. The van der Waals surface area contributed by atoms with Gasteiger partial charge in [-0.25, -0.2) is 0 Å². The molecule has 4 aromatic rings. The van der Waals surface area contributed by atoms with Crippen LogP contribution in [0.1, 0.15) is 5.56 Å². The van der Waals surface area contributed by atoms with Gasteiger partial charge in [-0.2, -0.15) is 0 Å². The topological polar surface area (TPSA) is 92.3 Å². The molecule has 0 fully saturated rings. The molecule has 0 aliphatic heterocycles. The Labute approximate surface area is 189 Å². The van der Waals surface area contributed by atoms with Gasteiger partial charge in [-0.15, -0.1) is 10.2 Å². The van der Waals surface area contributed by atoms with Gasteiger partial charge in [0.2, 0.25) is 0 Å². The van der Waals surface area contributed by atoms with Crippen LogP contribution in [0.4, 0.5) is 5.69 Å². The van der Waals surface area contributed by atoms with E-state index in [9.17, 15) is 10.1 Å². The Kier molecular flexibility index (Phi) is 6.37. The van der Waals surface area contributed by atoms with Crippen molar-refractivity contribution in [2.45, 2.75) is 10.9 Å². The summed E-state index contributed by atoms with van der Waals surface area (Å²) in [7, 11) is 3.23. The fraction of sp³-hybridized carbons (Fsp3) is 0.130. The number of rotatable bonds is 8. The summed E-state index contributed by atoms with van der Waals surface area (Å²) < 4.78 is 12.5. The number of nitro groups is 1. The van der Waals surface area contributed by atoms with Crippen LogP contribution in [0, 0.1) is 10.1 Å². The zero-order valence-corrected chi connectivity index (χ0v) is 18.3. The van der Waals surface area contributed by atoms with Crippen molar-refractivity contribution in [2.24, 2.45) is 0 Å². The molecule has 1 heterocycles. The van der Waals surface area contributed by atoms with E-state index in [0.29, 0.717) is 22.3 Å². The van der Waals surface area contributed by atoms with E-state index in [0.717, 1.165) is 22.7 Å². The SMILES string of the molecule is COc1ccc(-c2nnc(SCc3ccccc3[N+](=O)[O-])n2-c2ccc(OC)cc2)cc1. The predicted molar refractivity (Wildman–Crippen MR) is 123 cm³/mol. The lowest BCUT2D eigenvalue weighted by Gasteiger charge is -2.11. The van der Waals surface area contributed by atoms with Crippen molar-refractivity contribution in [3.05, 3.63) is 88.5 Å². The zero-order chi connectivity index (χ0) is 22.5. The summed E-state index contributed by atoms with van der Waals surface area (Å²) in [5.74, 6) is 2.52. The number of hydrogen-bond acceptors (Lipinski definition) is 7. The van der Waals surface area contributed by atoms with Crippen molar-refractivity contribution in [3.63, 3.8) is 0 Å². The number of nitro benzene ring substituents is 1. The molecule has 1 aromatic heterocycles. The Balaban J connectivity index is 1.73. The van der Waals surface area contributed by atoms with E-state index in [1.165, 1.54) is 17.8 Å². The van der Waals surface area contributed by atoms with Crippen molar-refractivity contribution in [1.29, 1.82) is 0 Å². The third-order valence-electron chi connectivity index (χ3n) is 4.86. The van der Waals surface area contributed by atoms with E-state index >= 15 is 0 Å². The lowest BCUT2D eigenvalue weighted by atomic mass is 10.2. The fourth-order valence-corrected chi connectivity index (χ4v) is 4.16. The summed E-state index contributed by atoms with van der Waals surface area (Å²) in [6, 6.07) is 21.8. The quantitative estimate of drug-likeness (QED) is 0.209. The molecule has 0 unspecified atom stereocenters. The average Bonchev–Trinajstić information content (AvgIpc) is 3.27. The molecule has 3 aromatic carbocycles. The molecule has 0 saturated heterocycles. The van der Waals surface area contributed by atoms with Crippen LogP contribution in [0.15, 0.2) is 78.0 Å². The van der Waals surface area contributed by atoms with Crippen molar-refractivity contribution in [3.8, 4) is 28.6 Å². The number of hydrogen-bond donors (Lipinski definition) is 0. The first kappa shape index (κ1) is 21.4. The first-order valence-corrected chi connectivity index (χ1v) is 10.7. The third kappa shape index (κ3) is 4.42. The molecule has 0 saturated carbocycles. The van der Waals surface area contributed by atoms with E-state index in [4.69, 9.17) is 9.47 Å². The number of aromatic nitrogens is 3. The van der Waals surface area contributed by atoms with Gasteiger partial charge in [0.1, 0.15) is 11.5 Å². The number of nitrogens with zero attached hydrogens (tertiary/aromatic N) is 4. The lowest BCUT2D eigenvalue weighted by molar-refractivity contribution is -0.385. The highest BCUT2D eigenvalue weighted by atomic mass is 32.2. The van der Waals surface area contributed by atoms with E-state index in [1.807, 2.05) is 53.1 Å². The maximum absolute atomic E-state index is 11.4. The molecular weight excluding hydrogens is 428 g/mol. The molecule has 4 rings (SSSR count). The molecule has 0 radical (unpaired) electrons. The van der Waals surface area contributed by atoms with Crippen LogP contribution < -0.4 is 9.47 Å². The summed E-state index contributed by atoms with van der Waals surface area (Å²) in [6.45, 7) is 0. The first-order valence-electron chi connectivity index (χ1n) is 9.70. The van der Waals surface area contributed by atoms with Gasteiger partial charge in [0, 0.05) is 28.6 Å². The lowest BCUT2D eigenvalue weighted by Crippen LogP contribution is -2.00. The molecule has 0 N–H and O–H groups in total. The highest BCUT2D eigenvalue weighted by molar-refractivity contribution is 7.98. The molecule has 0 atom stereocenters. The molecule has 0 aliphatic carbocycles. The van der Waals surface area contributed by atoms with Gasteiger partial charge in [0.15, 0.2) is 11.0 Å². The maximum atomic E-state index is 11.4.